The molecule has 0 saturated carbocycles. The maximum Gasteiger partial charge on any atom is 0.220 e. The number of rotatable bonds is 9. The summed E-state index contributed by atoms with van der Waals surface area (Å²) in [5, 5.41) is 6.65. The zero-order valence-corrected chi connectivity index (χ0v) is 14.6. The van der Waals surface area contributed by atoms with Crippen LogP contribution < -0.4 is 5.32 Å². The number of thiophene rings is 1. The van der Waals surface area contributed by atoms with Crippen molar-refractivity contribution in [2.45, 2.75) is 58.8 Å². The second-order valence-electron chi connectivity index (χ2n) is 5.90. The van der Waals surface area contributed by atoms with Crippen LogP contribution in [0.2, 0.25) is 0 Å². The van der Waals surface area contributed by atoms with Crippen LogP contribution in [0.1, 0.15) is 57.1 Å². The molecule has 0 unspecified atom stereocenters. The van der Waals surface area contributed by atoms with E-state index in [0.29, 0.717) is 6.42 Å². The molecule has 0 saturated heterocycles. The lowest BCUT2D eigenvalue weighted by Gasteiger charge is -2.05. The van der Waals surface area contributed by atoms with E-state index in [1.54, 1.807) is 11.3 Å². The lowest BCUT2D eigenvalue weighted by Crippen LogP contribution is -2.25. The van der Waals surface area contributed by atoms with E-state index in [1.165, 1.54) is 34.1 Å². The van der Waals surface area contributed by atoms with Crippen molar-refractivity contribution < 1.29 is 4.79 Å². The first-order valence-corrected chi connectivity index (χ1v) is 9.38. The average Bonchev–Trinajstić information content (AvgIpc) is 2.93. The van der Waals surface area contributed by atoms with E-state index >= 15 is 0 Å². The van der Waals surface area contributed by atoms with Gasteiger partial charge in [-0.05, 0) is 53.6 Å². The molecule has 0 radical (unpaired) electrons. The van der Waals surface area contributed by atoms with Crippen molar-refractivity contribution in [3.8, 4) is 0 Å². The van der Waals surface area contributed by atoms with E-state index < -0.39 is 0 Å². The number of nitrogens with one attached hydrogen (secondary N) is 1. The van der Waals surface area contributed by atoms with Gasteiger partial charge in [0.1, 0.15) is 0 Å². The minimum absolute atomic E-state index is 0.185. The van der Waals surface area contributed by atoms with Crippen molar-refractivity contribution in [1.29, 1.82) is 0 Å². The Balaban J connectivity index is 1.94. The Bertz CT molecular complexity index is 603. The van der Waals surface area contributed by atoms with Gasteiger partial charge in [-0.15, -0.1) is 11.3 Å². The predicted molar refractivity (Wildman–Crippen MR) is 96.7 cm³/mol. The number of hydrogen-bond acceptors (Lipinski definition) is 2. The van der Waals surface area contributed by atoms with Crippen molar-refractivity contribution in [2.75, 3.05) is 6.54 Å². The summed E-state index contributed by atoms with van der Waals surface area (Å²) >= 11 is 1.81. The van der Waals surface area contributed by atoms with E-state index in [4.69, 9.17) is 0 Å². The fraction of sp³-hybridized carbons (Fsp3) is 0.526. The Morgan fingerprint density at radius 1 is 1.14 bits per heavy atom. The van der Waals surface area contributed by atoms with E-state index in [-0.39, 0.29) is 5.91 Å². The van der Waals surface area contributed by atoms with Gasteiger partial charge in [0.15, 0.2) is 0 Å². The Morgan fingerprint density at radius 2 is 1.95 bits per heavy atom. The molecule has 0 aliphatic heterocycles. The molecule has 0 atom stereocenters. The molecule has 22 heavy (non-hydrogen) atoms. The van der Waals surface area contributed by atoms with Gasteiger partial charge in [-0.3, -0.25) is 4.79 Å². The van der Waals surface area contributed by atoms with Gasteiger partial charge < -0.3 is 5.32 Å². The Morgan fingerprint density at radius 3 is 2.73 bits per heavy atom. The zero-order valence-electron chi connectivity index (χ0n) is 13.8. The number of carbonyl (C=O) groups is 1. The van der Waals surface area contributed by atoms with Crippen molar-refractivity contribution in [3.63, 3.8) is 0 Å². The molecule has 2 rings (SSSR count). The molecule has 0 aliphatic carbocycles. The minimum atomic E-state index is 0.185. The number of carbonyl (C=O) groups excluding carboxylic acids is 1. The third kappa shape index (κ3) is 4.84. The van der Waals surface area contributed by atoms with Gasteiger partial charge in [-0.25, -0.2) is 0 Å². The Kier molecular flexibility index (Phi) is 6.91. The summed E-state index contributed by atoms with van der Waals surface area (Å²) < 4.78 is 1.35. The highest BCUT2D eigenvalue weighted by molar-refractivity contribution is 7.17. The summed E-state index contributed by atoms with van der Waals surface area (Å²) in [5.41, 5.74) is 2.80. The minimum Gasteiger partial charge on any atom is -0.356 e. The van der Waals surface area contributed by atoms with E-state index in [9.17, 15) is 4.79 Å². The SMILES string of the molecule is CCCCC(=O)NCCc1csc2ccc(CCCC)cc12. The molecule has 1 aromatic heterocycles. The number of hydrogen-bond donors (Lipinski definition) is 1. The third-order valence-corrected chi connectivity index (χ3v) is 5.02. The van der Waals surface area contributed by atoms with Crippen LogP contribution in [0.25, 0.3) is 10.1 Å². The molecule has 3 heteroatoms. The normalized spacial score (nSPS) is 11.0. The maximum atomic E-state index is 11.7. The summed E-state index contributed by atoms with van der Waals surface area (Å²) in [7, 11) is 0. The van der Waals surface area contributed by atoms with Crippen molar-refractivity contribution in [2.24, 2.45) is 0 Å². The van der Waals surface area contributed by atoms with E-state index in [0.717, 1.165) is 32.2 Å². The number of unbranched alkanes of at least 4 members (excludes halogenated alkanes) is 2. The number of aryl methyl sites for hydroxylation is 1. The summed E-state index contributed by atoms with van der Waals surface area (Å²) in [5.74, 6) is 0.185. The predicted octanol–water partition coefficient (Wildman–Crippen LogP) is 5.09. The van der Waals surface area contributed by atoms with Gasteiger partial charge in [-0.2, -0.15) is 0 Å². The highest BCUT2D eigenvalue weighted by atomic mass is 32.1. The maximum absolute atomic E-state index is 11.7. The van der Waals surface area contributed by atoms with Gasteiger partial charge in [0.25, 0.3) is 0 Å². The largest absolute Gasteiger partial charge is 0.356 e. The molecule has 1 N–H and O–H groups in total. The van der Waals surface area contributed by atoms with Crippen LogP contribution in [-0.4, -0.2) is 12.5 Å². The molecule has 0 aliphatic rings. The first-order chi connectivity index (χ1) is 10.7. The molecule has 120 valence electrons. The first kappa shape index (κ1) is 17.0. The lowest BCUT2D eigenvalue weighted by molar-refractivity contribution is -0.121. The number of amides is 1. The summed E-state index contributed by atoms with van der Waals surface area (Å²) in [6.45, 7) is 5.09. The molecule has 2 aromatic rings. The average molecular weight is 317 g/mol. The Hall–Kier alpha value is -1.35. The zero-order chi connectivity index (χ0) is 15.8. The summed E-state index contributed by atoms with van der Waals surface area (Å²) in [6.07, 6.45) is 7.28. The fourth-order valence-electron chi connectivity index (χ4n) is 2.62. The second kappa shape index (κ2) is 8.94. The smallest absolute Gasteiger partial charge is 0.220 e. The van der Waals surface area contributed by atoms with Gasteiger partial charge in [-0.1, -0.05) is 38.8 Å². The first-order valence-electron chi connectivity index (χ1n) is 8.50. The number of benzene rings is 1. The molecule has 1 amide bonds. The van der Waals surface area contributed by atoms with Crippen LogP contribution in [0.5, 0.6) is 0 Å². The van der Waals surface area contributed by atoms with Crippen LogP contribution in [0.15, 0.2) is 23.6 Å². The molecule has 0 spiro atoms. The van der Waals surface area contributed by atoms with Crippen LogP contribution in [-0.2, 0) is 17.6 Å². The lowest BCUT2D eigenvalue weighted by atomic mass is 10.0. The second-order valence-corrected chi connectivity index (χ2v) is 6.81. The van der Waals surface area contributed by atoms with Crippen LogP contribution in [0.4, 0.5) is 0 Å². The van der Waals surface area contributed by atoms with Gasteiger partial charge in [0, 0.05) is 17.7 Å². The Labute approximate surface area is 137 Å². The summed E-state index contributed by atoms with van der Waals surface area (Å²) in [4.78, 5) is 11.7. The topological polar surface area (TPSA) is 29.1 Å². The molecular formula is C19H27NOS. The fourth-order valence-corrected chi connectivity index (χ4v) is 3.60. The molecule has 2 nitrogen and oxygen atoms in total. The van der Waals surface area contributed by atoms with Gasteiger partial charge in [0.2, 0.25) is 5.91 Å². The van der Waals surface area contributed by atoms with Crippen molar-refractivity contribution >= 4 is 27.3 Å². The van der Waals surface area contributed by atoms with Crippen LogP contribution in [0.3, 0.4) is 0 Å². The van der Waals surface area contributed by atoms with E-state index in [1.807, 2.05) is 0 Å². The molecule has 1 aromatic carbocycles. The van der Waals surface area contributed by atoms with Crippen LogP contribution in [0, 0.1) is 0 Å². The molecule has 1 heterocycles. The molecule has 0 fully saturated rings. The highest BCUT2D eigenvalue weighted by Gasteiger charge is 2.06. The third-order valence-electron chi connectivity index (χ3n) is 4.01. The van der Waals surface area contributed by atoms with Crippen molar-refractivity contribution in [1.82, 2.24) is 5.32 Å². The highest BCUT2D eigenvalue weighted by Crippen LogP contribution is 2.27. The van der Waals surface area contributed by atoms with Crippen LogP contribution >= 0.6 is 11.3 Å². The molecular weight excluding hydrogens is 290 g/mol. The van der Waals surface area contributed by atoms with Gasteiger partial charge >= 0.3 is 0 Å². The van der Waals surface area contributed by atoms with Gasteiger partial charge in [0.05, 0.1) is 0 Å². The summed E-state index contributed by atoms with van der Waals surface area (Å²) in [6, 6.07) is 6.84. The van der Waals surface area contributed by atoms with E-state index in [2.05, 4.69) is 42.7 Å². The molecule has 0 bridgehead atoms. The quantitative estimate of drug-likeness (QED) is 0.685. The standard InChI is InChI=1S/C19H27NOS/c1-3-5-7-15-9-10-18-17(13-15)16(14-22-18)11-12-20-19(21)8-6-4-2/h9-10,13-14H,3-8,11-12H2,1-2H3,(H,20,21). The van der Waals surface area contributed by atoms with Crippen molar-refractivity contribution in [3.05, 3.63) is 34.7 Å². The monoisotopic (exact) mass is 317 g/mol. The number of fused-ring (bicyclic) bond motifs is 1.